The molecule has 0 amide bonds. The minimum absolute atomic E-state index is 0.136. The van der Waals surface area contributed by atoms with Crippen molar-refractivity contribution in [2.45, 2.75) is 59.7 Å². The highest BCUT2D eigenvalue weighted by Gasteiger charge is 2.14. The van der Waals surface area contributed by atoms with Crippen molar-refractivity contribution in [2.24, 2.45) is 5.92 Å². The smallest absolute Gasteiger partial charge is 0.122 e. The second-order valence-electron chi connectivity index (χ2n) is 6.68. The SMILES string of the molecule is CCC(C)CN(C)Cc1occc1CNC(C)(C)C. The molecule has 0 aliphatic heterocycles. The van der Waals surface area contributed by atoms with Gasteiger partial charge in [0, 0.05) is 24.2 Å². The van der Waals surface area contributed by atoms with E-state index in [0.29, 0.717) is 0 Å². The lowest BCUT2D eigenvalue weighted by molar-refractivity contribution is 0.252. The van der Waals surface area contributed by atoms with Gasteiger partial charge in [0.25, 0.3) is 0 Å². The second kappa shape index (κ2) is 7.11. The monoisotopic (exact) mass is 266 g/mol. The molecule has 3 nitrogen and oxygen atoms in total. The number of hydrogen-bond acceptors (Lipinski definition) is 3. The molecule has 1 aromatic rings. The fraction of sp³-hybridized carbons (Fsp3) is 0.750. The van der Waals surface area contributed by atoms with E-state index in [9.17, 15) is 0 Å². The standard InChI is InChI=1S/C16H30N2O/c1-7-13(2)11-18(6)12-15-14(8-9-19-15)10-17-16(3,4)5/h8-9,13,17H,7,10-12H2,1-6H3. The first-order valence-corrected chi connectivity index (χ1v) is 7.30. The van der Waals surface area contributed by atoms with Crippen molar-refractivity contribution in [3.05, 3.63) is 23.7 Å². The average Bonchev–Trinajstić information content (AvgIpc) is 2.72. The van der Waals surface area contributed by atoms with Crippen LogP contribution in [0.15, 0.2) is 16.7 Å². The van der Waals surface area contributed by atoms with Crippen molar-refractivity contribution >= 4 is 0 Å². The lowest BCUT2D eigenvalue weighted by atomic mass is 10.1. The maximum Gasteiger partial charge on any atom is 0.122 e. The van der Waals surface area contributed by atoms with Crippen LogP contribution in [0.4, 0.5) is 0 Å². The molecular weight excluding hydrogens is 236 g/mol. The van der Waals surface area contributed by atoms with Crippen LogP contribution >= 0.6 is 0 Å². The summed E-state index contributed by atoms with van der Waals surface area (Å²) in [5, 5.41) is 3.51. The summed E-state index contributed by atoms with van der Waals surface area (Å²) >= 11 is 0. The largest absolute Gasteiger partial charge is 0.468 e. The number of furan rings is 1. The van der Waals surface area contributed by atoms with Gasteiger partial charge in [0.1, 0.15) is 5.76 Å². The van der Waals surface area contributed by atoms with E-state index in [1.165, 1.54) is 12.0 Å². The van der Waals surface area contributed by atoms with Crippen molar-refractivity contribution in [3.8, 4) is 0 Å². The Bertz CT molecular complexity index is 365. The summed E-state index contributed by atoms with van der Waals surface area (Å²) in [5.41, 5.74) is 1.41. The molecule has 0 bridgehead atoms. The Labute approximate surface area is 118 Å². The van der Waals surface area contributed by atoms with Crippen LogP contribution < -0.4 is 5.32 Å². The zero-order valence-electron chi connectivity index (χ0n) is 13.4. The molecule has 1 atom stereocenters. The molecule has 1 aromatic heterocycles. The molecule has 1 heterocycles. The van der Waals surface area contributed by atoms with Crippen LogP contribution in [0, 0.1) is 5.92 Å². The molecule has 0 aromatic carbocycles. The van der Waals surface area contributed by atoms with Crippen LogP contribution in [0.2, 0.25) is 0 Å². The van der Waals surface area contributed by atoms with Gasteiger partial charge in [-0.25, -0.2) is 0 Å². The minimum atomic E-state index is 0.136. The van der Waals surface area contributed by atoms with Gasteiger partial charge in [-0.3, -0.25) is 4.90 Å². The van der Waals surface area contributed by atoms with Gasteiger partial charge >= 0.3 is 0 Å². The highest BCUT2D eigenvalue weighted by atomic mass is 16.3. The summed E-state index contributed by atoms with van der Waals surface area (Å²) in [5.74, 6) is 1.82. The molecule has 0 aliphatic rings. The summed E-state index contributed by atoms with van der Waals surface area (Å²) in [4.78, 5) is 2.34. The van der Waals surface area contributed by atoms with Gasteiger partial charge in [-0.05, 0) is 39.8 Å². The van der Waals surface area contributed by atoms with Crippen molar-refractivity contribution in [1.82, 2.24) is 10.2 Å². The van der Waals surface area contributed by atoms with Gasteiger partial charge < -0.3 is 9.73 Å². The maximum absolute atomic E-state index is 5.63. The van der Waals surface area contributed by atoms with Crippen molar-refractivity contribution < 1.29 is 4.42 Å². The molecule has 0 saturated carbocycles. The highest BCUT2D eigenvalue weighted by molar-refractivity contribution is 5.17. The third-order valence-electron chi connectivity index (χ3n) is 3.38. The Hall–Kier alpha value is -0.800. The lowest BCUT2D eigenvalue weighted by Crippen LogP contribution is -2.35. The van der Waals surface area contributed by atoms with Crippen LogP contribution in [-0.2, 0) is 13.1 Å². The zero-order chi connectivity index (χ0) is 14.5. The normalized spacial score (nSPS) is 14.1. The molecule has 110 valence electrons. The minimum Gasteiger partial charge on any atom is -0.468 e. The van der Waals surface area contributed by atoms with Gasteiger partial charge in [0.15, 0.2) is 0 Å². The fourth-order valence-corrected chi connectivity index (χ4v) is 1.99. The van der Waals surface area contributed by atoms with Gasteiger partial charge in [0.05, 0.1) is 12.8 Å². The number of rotatable bonds is 7. The summed E-state index contributed by atoms with van der Waals surface area (Å²) in [6, 6.07) is 2.07. The first kappa shape index (κ1) is 16.3. The van der Waals surface area contributed by atoms with Crippen molar-refractivity contribution in [2.75, 3.05) is 13.6 Å². The van der Waals surface area contributed by atoms with E-state index in [1.807, 2.05) is 0 Å². The third-order valence-corrected chi connectivity index (χ3v) is 3.38. The van der Waals surface area contributed by atoms with Crippen molar-refractivity contribution in [3.63, 3.8) is 0 Å². The summed E-state index contributed by atoms with van der Waals surface area (Å²) < 4.78 is 5.63. The fourth-order valence-electron chi connectivity index (χ4n) is 1.99. The third kappa shape index (κ3) is 6.26. The molecular formula is C16H30N2O. The van der Waals surface area contributed by atoms with Gasteiger partial charge in [-0.15, -0.1) is 0 Å². The molecule has 0 saturated heterocycles. The highest BCUT2D eigenvalue weighted by Crippen LogP contribution is 2.15. The Morgan fingerprint density at radius 2 is 2.05 bits per heavy atom. The van der Waals surface area contributed by atoms with Gasteiger partial charge in [0.2, 0.25) is 0 Å². The molecule has 1 rings (SSSR count). The molecule has 0 spiro atoms. The van der Waals surface area contributed by atoms with E-state index < -0.39 is 0 Å². The van der Waals surface area contributed by atoms with E-state index in [-0.39, 0.29) is 5.54 Å². The first-order chi connectivity index (χ1) is 8.81. The van der Waals surface area contributed by atoms with E-state index in [2.05, 4.69) is 57.9 Å². The van der Waals surface area contributed by atoms with E-state index in [0.717, 1.165) is 31.3 Å². The summed E-state index contributed by atoms with van der Waals surface area (Å²) in [7, 11) is 2.16. The van der Waals surface area contributed by atoms with E-state index in [4.69, 9.17) is 4.42 Å². The average molecular weight is 266 g/mol. The molecule has 1 unspecified atom stereocenters. The topological polar surface area (TPSA) is 28.4 Å². The molecule has 3 heteroatoms. The molecule has 19 heavy (non-hydrogen) atoms. The molecule has 1 N–H and O–H groups in total. The number of nitrogens with zero attached hydrogens (tertiary/aromatic N) is 1. The number of hydrogen-bond donors (Lipinski definition) is 1. The Kier molecular flexibility index (Phi) is 6.08. The predicted molar refractivity (Wildman–Crippen MR) is 81.1 cm³/mol. The van der Waals surface area contributed by atoms with Crippen LogP contribution in [0.25, 0.3) is 0 Å². The van der Waals surface area contributed by atoms with Crippen LogP contribution in [0.5, 0.6) is 0 Å². The van der Waals surface area contributed by atoms with Gasteiger partial charge in [-0.1, -0.05) is 20.3 Å². The molecule has 0 aliphatic carbocycles. The quantitative estimate of drug-likeness (QED) is 0.816. The zero-order valence-corrected chi connectivity index (χ0v) is 13.4. The van der Waals surface area contributed by atoms with Gasteiger partial charge in [-0.2, -0.15) is 0 Å². The van der Waals surface area contributed by atoms with Crippen LogP contribution in [-0.4, -0.2) is 24.0 Å². The summed E-state index contributed by atoms with van der Waals surface area (Å²) in [6.45, 7) is 13.9. The maximum atomic E-state index is 5.63. The van der Waals surface area contributed by atoms with Crippen LogP contribution in [0.1, 0.15) is 52.4 Å². The van der Waals surface area contributed by atoms with E-state index in [1.54, 1.807) is 6.26 Å². The Morgan fingerprint density at radius 3 is 2.63 bits per heavy atom. The predicted octanol–water partition coefficient (Wildman–Crippen LogP) is 3.65. The van der Waals surface area contributed by atoms with E-state index >= 15 is 0 Å². The summed E-state index contributed by atoms with van der Waals surface area (Å²) in [6.07, 6.45) is 3.02. The number of nitrogens with one attached hydrogen (secondary N) is 1. The molecule has 0 radical (unpaired) electrons. The molecule has 0 fully saturated rings. The van der Waals surface area contributed by atoms with Crippen molar-refractivity contribution in [1.29, 1.82) is 0 Å². The lowest BCUT2D eigenvalue weighted by Gasteiger charge is -2.22. The first-order valence-electron chi connectivity index (χ1n) is 7.30. The second-order valence-corrected chi connectivity index (χ2v) is 6.68. The Morgan fingerprint density at radius 1 is 1.37 bits per heavy atom. The van der Waals surface area contributed by atoms with Crippen LogP contribution in [0.3, 0.4) is 0 Å². The Balaban J connectivity index is 2.52.